The number of amides is 3. The Labute approximate surface area is 203 Å². The number of likely N-dealkylation sites (tertiary alicyclic amines) is 1. The minimum absolute atomic E-state index is 0.197. The van der Waals surface area contributed by atoms with E-state index in [1.54, 1.807) is 6.07 Å². The second-order valence-corrected chi connectivity index (χ2v) is 9.80. The van der Waals surface area contributed by atoms with Crippen molar-refractivity contribution in [2.75, 3.05) is 13.1 Å². The van der Waals surface area contributed by atoms with Gasteiger partial charge in [-0.05, 0) is 47.6 Å². The number of fused-ring (bicyclic) bond motifs is 1. The Hall–Kier alpha value is -2.74. The SMILES string of the molecule is O=C1CCC(N2Cc3cc(C4(O)CCN(Cc5cccc(CCl)c5)CC4)ccc3C2=O)C(=O)N1. The van der Waals surface area contributed by atoms with Crippen LogP contribution in [0.1, 0.15) is 58.3 Å². The zero-order valence-electron chi connectivity index (χ0n) is 18.9. The highest BCUT2D eigenvalue weighted by Gasteiger charge is 2.40. The summed E-state index contributed by atoms with van der Waals surface area (Å²) >= 11 is 5.96. The molecule has 0 bridgehead atoms. The molecule has 3 aliphatic rings. The fourth-order valence-corrected chi connectivity index (χ4v) is 5.47. The van der Waals surface area contributed by atoms with Gasteiger partial charge in [0.2, 0.25) is 11.8 Å². The van der Waals surface area contributed by atoms with E-state index in [0.717, 1.165) is 36.3 Å². The molecule has 2 fully saturated rings. The summed E-state index contributed by atoms with van der Waals surface area (Å²) in [4.78, 5) is 40.6. The van der Waals surface area contributed by atoms with E-state index in [1.165, 1.54) is 10.5 Å². The van der Waals surface area contributed by atoms with Crippen LogP contribution in [0.5, 0.6) is 0 Å². The number of carbonyl (C=O) groups is 3. The Balaban J connectivity index is 1.26. The van der Waals surface area contributed by atoms with E-state index in [9.17, 15) is 19.5 Å². The molecule has 178 valence electrons. The van der Waals surface area contributed by atoms with Gasteiger partial charge in [0.05, 0.1) is 5.60 Å². The third kappa shape index (κ3) is 4.35. The van der Waals surface area contributed by atoms with Gasteiger partial charge in [-0.1, -0.05) is 36.4 Å². The number of alkyl halides is 1. The van der Waals surface area contributed by atoms with Gasteiger partial charge in [-0.2, -0.15) is 0 Å². The first kappa shape index (κ1) is 23.0. The zero-order chi connectivity index (χ0) is 23.9. The maximum Gasteiger partial charge on any atom is 0.255 e. The molecule has 3 aliphatic heterocycles. The molecule has 0 aromatic heterocycles. The van der Waals surface area contributed by atoms with Crippen molar-refractivity contribution in [2.45, 2.75) is 56.3 Å². The molecule has 0 aliphatic carbocycles. The van der Waals surface area contributed by atoms with Crippen LogP contribution in [0.25, 0.3) is 0 Å². The van der Waals surface area contributed by atoms with Crippen molar-refractivity contribution in [3.63, 3.8) is 0 Å². The van der Waals surface area contributed by atoms with Crippen LogP contribution < -0.4 is 5.32 Å². The fraction of sp³-hybridized carbons (Fsp3) is 0.423. The number of piperidine rings is 2. The number of nitrogens with one attached hydrogen (secondary N) is 1. The molecule has 5 rings (SSSR count). The highest BCUT2D eigenvalue weighted by molar-refractivity contribution is 6.17. The minimum atomic E-state index is -0.950. The molecule has 0 saturated carbocycles. The largest absolute Gasteiger partial charge is 0.385 e. The number of hydrogen-bond donors (Lipinski definition) is 2. The van der Waals surface area contributed by atoms with E-state index in [-0.39, 0.29) is 18.2 Å². The molecule has 0 radical (unpaired) electrons. The molecular weight excluding hydrogens is 454 g/mol. The second kappa shape index (κ2) is 9.13. The van der Waals surface area contributed by atoms with Crippen LogP contribution >= 0.6 is 11.6 Å². The van der Waals surface area contributed by atoms with Gasteiger partial charge in [-0.25, -0.2) is 0 Å². The van der Waals surface area contributed by atoms with Crippen molar-refractivity contribution < 1.29 is 19.5 Å². The zero-order valence-corrected chi connectivity index (χ0v) is 19.7. The molecule has 1 atom stereocenters. The third-order valence-corrected chi connectivity index (χ3v) is 7.60. The summed E-state index contributed by atoms with van der Waals surface area (Å²) in [5, 5.41) is 13.8. The molecule has 7 nitrogen and oxygen atoms in total. The predicted octanol–water partition coefficient (Wildman–Crippen LogP) is 2.67. The maximum absolute atomic E-state index is 12.9. The van der Waals surface area contributed by atoms with Gasteiger partial charge >= 0.3 is 0 Å². The van der Waals surface area contributed by atoms with Crippen molar-refractivity contribution in [3.05, 3.63) is 70.3 Å². The van der Waals surface area contributed by atoms with E-state index >= 15 is 0 Å². The highest BCUT2D eigenvalue weighted by atomic mass is 35.5. The quantitative estimate of drug-likeness (QED) is 0.506. The molecule has 2 N–H and O–H groups in total. The normalized spacial score (nSPS) is 22.6. The highest BCUT2D eigenvalue weighted by Crippen LogP contribution is 2.36. The lowest BCUT2D eigenvalue weighted by Gasteiger charge is -2.38. The minimum Gasteiger partial charge on any atom is -0.385 e. The number of benzene rings is 2. The summed E-state index contributed by atoms with van der Waals surface area (Å²) in [6, 6.07) is 13.2. The maximum atomic E-state index is 12.9. The number of imide groups is 1. The van der Waals surface area contributed by atoms with E-state index < -0.39 is 17.6 Å². The first-order valence-electron chi connectivity index (χ1n) is 11.7. The van der Waals surface area contributed by atoms with E-state index in [2.05, 4.69) is 22.3 Å². The van der Waals surface area contributed by atoms with Crippen LogP contribution in [0.2, 0.25) is 0 Å². The summed E-state index contributed by atoms with van der Waals surface area (Å²) in [7, 11) is 0. The summed E-state index contributed by atoms with van der Waals surface area (Å²) in [6.45, 7) is 2.66. The molecule has 3 amide bonds. The van der Waals surface area contributed by atoms with Gasteiger partial charge in [-0.3, -0.25) is 24.6 Å². The van der Waals surface area contributed by atoms with E-state index in [4.69, 9.17) is 11.6 Å². The van der Waals surface area contributed by atoms with Gasteiger partial charge in [0.25, 0.3) is 5.91 Å². The van der Waals surface area contributed by atoms with Gasteiger partial charge in [0, 0.05) is 44.0 Å². The van der Waals surface area contributed by atoms with Crippen molar-refractivity contribution in [1.82, 2.24) is 15.1 Å². The molecule has 0 spiro atoms. The van der Waals surface area contributed by atoms with Crippen molar-refractivity contribution in [1.29, 1.82) is 0 Å². The smallest absolute Gasteiger partial charge is 0.255 e. The average molecular weight is 482 g/mol. The summed E-state index contributed by atoms with van der Waals surface area (Å²) in [5.41, 5.74) is 3.57. The molecule has 2 saturated heterocycles. The Kier molecular flexibility index (Phi) is 6.18. The van der Waals surface area contributed by atoms with Crippen LogP contribution in [-0.4, -0.2) is 51.8 Å². The van der Waals surface area contributed by atoms with E-state index in [0.29, 0.717) is 37.3 Å². The van der Waals surface area contributed by atoms with Gasteiger partial charge in [0.15, 0.2) is 0 Å². The van der Waals surface area contributed by atoms with Gasteiger partial charge in [-0.15, -0.1) is 11.6 Å². The Morgan fingerprint density at radius 3 is 2.56 bits per heavy atom. The Morgan fingerprint density at radius 2 is 1.82 bits per heavy atom. The molecular formula is C26H28ClN3O4. The van der Waals surface area contributed by atoms with Crippen molar-refractivity contribution in [3.8, 4) is 0 Å². The van der Waals surface area contributed by atoms with Crippen LogP contribution in [-0.2, 0) is 34.2 Å². The summed E-state index contributed by atoms with van der Waals surface area (Å²) in [5.74, 6) is -0.416. The number of hydrogen-bond acceptors (Lipinski definition) is 5. The third-order valence-electron chi connectivity index (χ3n) is 7.30. The van der Waals surface area contributed by atoms with Crippen LogP contribution in [0, 0.1) is 0 Å². The van der Waals surface area contributed by atoms with Crippen molar-refractivity contribution in [2.24, 2.45) is 0 Å². The topological polar surface area (TPSA) is 90.0 Å². The standard InChI is InChI=1S/C26H28ClN3O4/c27-14-17-2-1-3-18(12-17)15-29-10-8-26(34,9-11-29)20-4-5-21-19(13-20)16-30(25(21)33)22-6-7-23(31)28-24(22)32/h1-5,12-13,22,34H,6-11,14-16H2,(H,28,31,32). The number of rotatable bonds is 5. The van der Waals surface area contributed by atoms with Crippen molar-refractivity contribution >= 4 is 29.3 Å². The molecule has 1 unspecified atom stereocenters. The van der Waals surface area contributed by atoms with Crippen LogP contribution in [0.3, 0.4) is 0 Å². The Morgan fingerprint density at radius 1 is 1.06 bits per heavy atom. The predicted molar refractivity (Wildman–Crippen MR) is 127 cm³/mol. The lowest BCUT2D eigenvalue weighted by Crippen LogP contribution is -2.52. The molecule has 8 heteroatoms. The second-order valence-electron chi connectivity index (χ2n) is 9.53. The first-order chi connectivity index (χ1) is 16.4. The number of halogens is 1. The summed E-state index contributed by atoms with van der Waals surface area (Å²) in [6.07, 6.45) is 1.77. The number of aliphatic hydroxyl groups is 1. The summed E-state index contributed by atoms with van der Waals surface area (Å²) < 4.78 is 0. The lowest BCUT2D eigenvalue weighted by molar-refractivity contribution is -0.136. The first-order valence-corrected chi connectivity index (χ1v) is 12.3. The molecule has 2 aromatic rings. The molecule has 2 aromatic carbocycles. The fourth-order valence-electron chi connectivity index (χ4n) is 5.30. The number of carbonyl (C=O) groups excluding carboxylic acids is 3. The van der Waals surface area contributed by atoms with Gasteiger partial charge < -0.3 is 10.0 Å². The molecule has 3 heterocycles. The van der Waals surface area contributed by atoms with Gasteiger partial charge in [0.1, 0.15) is 6.04 Å². The molecule has 34 heavy (non-hydrogen) atoms. The van der Waals surface area contributed by atoms with E-state index in [1.807, 2.05) is 24.3 Å². The monoisotopic (exact) mass is 481 g/mol. The van der Waals surface area contributed by atoms with Crippen LogP contribution in [0.15, 0.2) is 42.5 Å². The average Bonchev–Trinajstić information content (AvgIpc) is 3.16. The lowest BCUT2D eigenvalue weighted by atomic mass is 9.83. The Bertz CT molecular complexity index is 1140. The van der Waals surface area contributed by atoms with Crippen LogP contribution in [0.4, 0.5) is 0 Å². The number of nitrogens with zero attached hydrogens (tertiary/aromatic N) is 2.